The molecule has 144 valence electrons. The van der Waals surface area contributed by atoms with Gasteiger partial charge in [-0.3, -0.25) is 14.4 Å². The Hall–Kier alpha value is -0.970. The fourth-order valence-electron chi connectivity index (χ4n) is 1.81. The Morgan fingerprint density at radius 3 is 1.83 bits per heavy atom. The van der Waals surface area contributed by atoms with Gasteiger partial charge in [-0.05, 0) is 12.8 Å². The monoisotopic (exact) mass is 372 g/mol. The summed E-state index contributed by atoms with van der Waals surface area (Å²) in [6.45, 7) is 2.23. The molecule has 9 nitrogen and oxygen atoms in total. The van der Waals surface area contributed by atoms with E-state index in [9.17, 15) is 9.59 Å². The summed E-state index contributed by atoms with van der Waals surface area (Å²) in [7, 11) is 6.37. The quantitative estimate of drug-likeness (QED) is 0.680. The molecule has 0 bridgehead atoms. The van der Waals surface area contributed by atoms with Crippen LogP contribution in [0.3, 0.4) is 0 Å². The molecule has 2 fully saturated rings. The summed E-state index contributed by atoms with van der Waals surface area (Å²) < 4.78 is 9.91. The average molecular weight is 373 g/mol. The summed E-state index contributed by atoms with van der Waals surface area (Å²) in [5.74, 6) is -0.970. The highest BCUT2D eigenvalue weighted by molar-refractivity contribution is 5.85. The Morgan fingerprint density at radius 2 is 1.58 bits per heavy atom. The molecule has 2 saturated heterocycles. The van der Waals surface area contributed by atoms with E-state index in [0.717, 1.165) is 6.42 Å². The second-order valence-electron chi connectivity index (χ2n) is 4.89. The van der Waals surface area contributed by atoms with Crippen molar-refractivity contribution in [2.24, 2.45) is 11.8 Å². The van der Waals surface area contributed by atoms with Gasteiger partial charge in [-0.25, -0.2) is 10.5 Å². The maximum Gasteiger partial charge on any atom is 0.308 e. The number of carbonyl (C=O) groups is 2. The summed E-state index contributed by atoms with van der Waals surface area (Å²) in [4.78, 5) is 30.5. The predicted molar refractivity (Wildman–Crippen MR) is 88.6 cm³/mol. The number of rotatable bonds is 4. The van der Waals surface area contributed by atoms with E-state index in [0.29, 0.717) is 32.8 Å². The van der Waals surface area contributed by atoms with E-state index in [1.807, 2.05) is 0 Å². The molecule has 1 amide bonds. The molecule has 24 heavy (non-hydrogen) atoms. The van der Waals surface area contributed by atoms with E-state index >= 15 is 0 Å². The van der Waals surface area contributed by atoms with E-state index in [-0.39, 0.29) is 30.2 Å². The Bertz CT molecular complexity index is 333. The van der Waals surface area contributed by atoms with Crippen LogP contribution < -0.4 is 5.48 Å². The standard InChI is InChI=1S/C7H13NO3.C5H8O3.C2H7NO.ClH/c1-8(10-2)7(9)6-3-4-11-5-6;6-5(7)4-1-2-8-3-4;1-3-4-2;/h6H,3-5H2,1-2H3;4H,1-3H2,(H,6,7);3H,1-2H3;1H. The van der Waals surface area contributed by atoms with Crippen LogP contribution in [0.4, 0.5) is 0 Å². The number of hydrogen-bond acceptors (Lipinski definition) is 7. The maximum atomic E-state index is 11.3. The number of halogens is 1. The highest BCUT2D eigenvalue weighted by Crippen LogP contribution is 2.14. The number of hydroxylamine groups is 3. The van der Waals surface area contributed by atoms with Crippen LogP contribution in [0.25, 0.3) is 0 Å². The molecule has 2 rings (SSSR count). The minimum Gasteiger partial charge on any atom is -0.481 e. The Labute approximate surface area is 148 Å². The molecule has 0 aliphatic carbocycles. The summed E-state index contributed by atoms with van der Waals surface area (Å²) in [5, 5.41) is 9.58. The molecule has 2 heterocycles. The van der Waals surface area contributed by atoms with Gasteiger partial charge >= 0.3 is 5.97 Å². The zero-order valence-electron chi connectivity index (χ0n) is 14.6. The van der Waals surface area contributed by atoms with Gasteiger partial charge < -0.3 is 19.4 Å². The molecular formula is C14H29ClN2O7. The molecule has 0 aromatic carbocycles. The third-order valence-corrected chi connectivity index (χ3v) is 3.35. The number of hydrogen-bond donors (Lipinski definition) is 2. The zero-order valence-corrected chi connectivity index (χ0v) is 15.5. The van der Waals surface area contributed by atoms with Crippen molar-refractivity contribution in [3.05, 3.63) is 0 Å². The molecule has 0 radical (unpaired) electrons. The molecule has 2 aliphatic heterocycles. The smallest absolute Gasteiger partial charge is 0.308 e. The van der Waals surface area contributed by atoms with Gasteiger partial charge in [0.15, 0.2) is 0 Å². The molecule has 2 unspecified atom stereocenters. The number of aliphatic carboxylic acids is 1. The number of ether oxygens (including phenoxy) is 2. The summed E-state index contributed by atoms with van der Waals surface area (Å²) in [6, 6.07) is 0. The van der Waals surface area contributed by atoms with Gasteiger partial charge in [-0.1, -0.05) is 0 Å². The van der Waals surface area contributed by atoms with Gasteiger partial charge in [-0.15, -0.1) is 12.4 Å². The molecule has 2 atom stereocenters. The molecule has 0 aromatic heterocycles. The number of carboxylic acid groups (broad SMARTS) is 1. The first kappa shape index (κ1) is 25.3. The average Bonchev–Trinajstić information content (AvgIpc) is 3.26. The van der Waals surface area contributed by atoms with Crippen molar-refractivity contribution in [2.45, 2.75) is 12.8 Å². The van der Waals surface area contributed by atoms with Crippen LogP contribution in [-0.2, 0) is 28.7 Å². The molecule has 0 aromatic rings. The number of nitrogens with zero attached hydrogens (tertiary/aromatic N) is 1. The van der Waals surface area contributed by atoms with Crippen molar-refractivity contribution in [1.82, 2.24) is 10.5 Å². The first-order valence-corrected chi connectivity index (χ1v) is 7.37. The van der Waals surface area contributed by atoms with Crippen molar-refractivity contribution >= 4 is 24.3 Å². The predicted octanol–water partition coefficient (Wildman–Crippen LogP) is 0.339. The van der Waals surface area contributed by atoms with Gasteiger partial charge in [0, 0.05) is 27.3 Å². The molecular weight excluding hydrogens is 344 g/mol. The second-order valence-corrected chi connectivity index (χ2v) is 4.89. The topological polar surface area (TPSA) is 107 Å². The van der Waals surface area contributed by atoms with Gasteiger partial charge in [0.1, 0.15) is 0 Å². The van der Waals surface area contributed by atoms with Crippen molar-refractivity contribution in [3.63, 3.8) is 0 Å². The van der Waals surface area contributed by atoms with Crippen molar-refractivity contribution < 1.29 is 33.8 Å². The largest absolute Gasteiger partial charge is 0.481 e. The zero-order chi connectivity index (χ0) is 17.7. The van der Waals surface area contributed by atoms with E-state index in [2.05, 4.69) is 10.3 Å². The summed E-state index contributed by atoms with van der Waals surface area (Å²) in [5.41, 5.74) is 2.43. The molecule has 2 N–H and O–H groups in total. The highest BCUT2D eigenvalue weighted by Gasteiger charge is 2.26. The fraction of sp³-hybridized carbons (Fsp3) is 0.857. The molecule has 0 spiro atoms. The van der Waals surface area contributed by atoms with E-state index in [1.54, 1.807) is 21.2 Å². The van der Waals surface area contributed by atoms with Crippen LogP contribution in [0.5, 0.6) is 0 Å². The van der Waals surface area contributed by atoms with Crippen LogP contribution >= 0.6 is 12.4 Å². The van der Waals surface area contributed by atoms with Crippen LogP contribution in [-0.4, -0.2) is 76.8 Å². The number of amides is 1. The lowest BCUT2D eigenvalue weighted by atomic mass is 10.1. The van der Waals surface area contributed by atoms with Crippen LogP contribution in [0.2, 0.25) is 0 Å². The Balaban J connectivity index is 0. The van der Waals surface area contributed by atoms with Gasteiger partial charge in [-0.2, -0.15) is 0 Å². The van der Waals surface area contributed by atoms with Crippen LogP contribution in [0.15, 0.2) is 0 Å². The van der Waals surface area contributed by atoms with Crippen molar-refractivity contribution in [3.8, 4) is 0 Å². The van der Waals surface area contributed by atoms with Crippen molar-refractivity contribution in [1.29, 1.82) is 0 Å². The van der Waals surface area contributed by atoms with E-state index < -0.39 is 5.97 Å². The third-order valence-electron chi connectivity index (χ3n) is 3.35. The number of nitrogens with one attached hydrogen (secondary N) is 1. The molecule has 2 aliphatic rings. The Morgan fingerprint density at radius 1 is 1.12 bits per heavy atom. The molecule has 10 heteroatoms. The van der Waals surface area contributed by atoms with Crippen molar-refractivity contribution in [2.75, 3.05) is 54.7 Å². The first-order chi connectivity index (χ1) is 11.0. The molecule has 0 saturated carbocycles. The third kappa shape index (κ3) is 10.7. The Kier molecular flexibility index (Phi) is 16.4. The summed E-state index contributed by atoms with van der Waals surface area (Å²) >= 11 is 0. The van der Waals surface area contributed by atoms with Gasteiger partial charge in [0.2, 0.25) is 0 Å². The van der Waals surface area contributed by atoms with E-state index in [4.69, 9.17) is 19.4 Å². The highest BCUT2D eigenvalue weighted by atomic mass is 35.5. The number of carbonyl (C=O) groups excluding carboxylic acids is 1. The van der Waals surface area contributed by atoms with Crippen LogP contribution in [0, 0.1) is 11.8 Å². The maximum absolute atomic E-state index is 11.3. The van der Waals surface area contributed by atoms with Gasteiger partial charge in [0.25, 0.3) is 5.91 Å². The minimum atomic E-state index is -0.734. The van der Waals surface area contributed by atoms with Gasteiger partial charge in [0.05, 0.1) is 39.3 Å². The number of carboxylic acids is 1. The minimum absolute atomic E-state index is 0. The first-order valence-electron chi connectivity index (χ1n) is 7.37. The second kappa shape index (κ2) is 15.6. The summed E-state index contributed by atoms with van der Waals surface area (Å²) in [6.07, 6.45) is 1.49. The van der Waals surface area contributed by atoms with Crippen LogP contribution in [0.1, 0.15) is 12.8 Å². The SMILES string of the molecule is CNOC.CON(C)C(=O)C1CCOC1.Cl.O=C(O)C1CCOC1. The lowest BCUT2D eigenvalue weighted by molar-refractivity contribution is -0.173. The van der Waals surface area contributed by atoms with E-state index in [1.165, 1.54) is 12.2 Å². The lowest BCUT2D eigenvalue weighted by Crippen LogP contribution is -2.32. The normalized spacial score (nSPS) is 21.5. The fourth-order valence-corrected chi connectivity index (χ4v) is 1.81. The lowest BCUT2D eigenvalue weighted by Gasteiger charge is -2.16.